The highest BCUT2D eigenvalue weighted by Gasteiger charge is 2.10. The SMILES string of the molecule is CCc1ccc(CCNC(=NC)NCC(CO)c2ccccc2)cc1. The van der Waals surface area contributed by atoms with Crippen molar-refractivity contribution in [1.82, 2.24) is 10.6 Å². The van der Waals surface area contributed by atoms with Gasteiger partial charge in [-0.2, -0.15) is 0 Å². The number of benzene rings is 2. The molecule has 0 heterocycles. The molecule has 3 N–H and O–H groups in total. The molecule has 2 aromatic rings. The summed E-state index contributed by atoms with van der Waals surface area (Å²) in [4.78, 5) is 4.26. The third-order valence-corrected chi connectivity index (χ3v) is 4.37. The van der Waals surface area contributed by atoms with Crippen LogP contribution < -0.4 is 10.6 Å². The molecule has 0 saturated carbocycles. The molecule has 4 nitrogen and oxygen atoms in total. The number of nitrogens with one attached hydrogen (secondary N) is 2. The summed E-state index contributed by atoms with van der Waals surface area (Å²) in [6, 6.07) is 18.8. The maximum absolute atomic E-state index is 9.63. The predicted octanol–water partition coefficient (Wildman–Crippen LogP) is 2.73. The molecule has 134 valence electrons. The first-order valence-electron chi connectivity index (χ1n) is 8.95. The highest BCUT2D eigenvalue weighted by molar-refractivity contribution is 5.79. The molecule has 0 spiro atoms. The first-order chi connectivity index (χ1) is 12.3. The van der Waals surface area contributed by atoms with Crippen molar-refractivity contribution < 1.29 is 5.11 Å². The van der Waals surface area contributed by atoms with Gasteiger partial charge >= 0.3 is 0 Å². The zero-order valence-corrected chi connectivity index (χ0v) is 15.2. The fourth-order valence-electron chi connectivity index (χ4n) is 2.72. The Bertz CT molecular complexity index is 638. The maximum Gasteiger partial charge on any atom is 0.191 e. The van der Waals surface area contributed by atoms with E-state index in [4.69, 9.17) is 0 Å². The minimum absolute atomic E-state index is 0.0568. The third kappa shape index (κ3) is 6.24. The fourth-order valence-corrected chi connectivity index (χ4v) is 2.72. The highest BCUT2D eigenvalue weighted by Crippen LogP contribution is 2.13. The number of nitrogens with zero attached hydrogens (tertiary/aromatic N) is 1. The van der Waals surface area contributed by atoms with Gasteiger partial charge in [-0.05, 0) is 29.5 Å². The van der Waals surface area contributed by atoms with Crippen molar-refractivity contribution in [2.24, 2.45) is 4.99 Å². The summed E-state index contributed by atoms with van der Waals surface area (Å²) >= 11 is 0. The zero-order valence-electron chi connectivity index (χ0n) is 15.2. The van der Waals surface area contributed by atoms with Gasteiger partial charge in [-0.15, -0.1) is 0 Å². The molecule has 0 fully saturated rings. The summed E-state index contributed by atoms with van der Waals surface area (Å²) in [5.41, 5.74) is 3.81. The summed E-state index contributed by atoms with van der Waals surface area (Å²) in [5.74, 6) is 0.820. The van der Waals surface area contributed by atoms with Crippen LogP contribution in [0.3, 0.4) is 0 Å². The fraction of sp³-hybridized carbons (Fsp3) is 0.381. The van der Waals surface area contributed by atoms with E-state index in [-0.39, 0.29) is 12.5 Å². The van der Waals surface area contributed by atoms with Gasteiger partial charge in [-0.25, -0.2) is 0 Å². The maximum atomic E-state index is 9.63. The van der Waals surface area contributed by atoms with E-state index in [0.29, 0.717) is 6.54 Å². The second-order valence-electron chi connectivity index (χ2n) is 6.09. The van der Waals surface area contributed by atoms with Crippen LogP contribution in [0.5, 0.6) is 0 Å². The third-order valence-electron chi connectivity index (χ3n) is 4.37. The Hall–Kier alpha value is -2.33. The van der Waals surface area contributed by atoms with Crippen molar-refractivity contribution in [3.8, 4) is 0 Å². The van der Waals surface area contributed by atoms with E-state index in [1.165, 1.54) is 11.1 Å². The van der Waals surface area contributed by atoms with Crippen LogP contribution in [-0.4, -0.2) is 37.8 Å². The topological polar surface area (TPSA) is 56.7 Å². The monoisotopic (exact) mass is 339 g/mol. The van der Waals surface area contributed by atoms with E-state index < -0.39 is 0 Å². The summed E-state index contributed by atoms with van der Waals surface area (Å²) in [6.45, 7) is 3.74. The molecule has 0 saturated heterocycles. The molecule has 0 bridgehead atoms. The second-order valence-corrected chi connectivity index (χ2v) is 6.09. The van der Waals surface area contributed by atoms with Gasteiger partial charge in [0.25, 0.3) is 0 Å². The molecule has 4 heteroatoms. The lowest BCUT2D eigenvalue weighted by Gasteiger charge is -2.18. The molecule has 1 unspecified atom stereocenters. The minimum Gasteiger partial charge on any atom is -0.396 e. The molecule has 0 amide bonds. The minimum atomic E-state index is 0.0568. The molecular formula is C21H29N3O. The number of aryl methyl sites for hydroxylation is 1. The second kappa shape index (κ2) is 10.5. The molecule has 0 aromatic heterocycles. The lowest BCUT2D eigenvalue weighted by molar-refractivity contribution is 0.265. The predicted molar refractivity (Wildman–Crippen MR) is 105 cm³/mol. The summed E-state index contributed by atoms with van der Waals surface area (Å²) in [5, 5.41) is 16.3. The Kier molecular flexibility index (Phi) is 7.99. The molecule has 2 rings (SSSR count). The van der Waals surface area contributed by atoms with E-state index in [1.54, 1.807) is 7.05 Å². The largest absolute Gasteiger partial charge is 0.396 e. The number of aliphatic hydroxyl groups excluding tert-OH is 1. The summed E-state index contributed by atoms with van der Waals surface area (Å²) in [7, 11) is 1.77. The Morgan fingerprint density at radius 1 is 1.00 bits per heavy atom. The van der Waals surface area contributed by atoms with Crippen LogP contribution in [0, 0.1) is 0 Å². The van der Waals surface area contributed by atoms with E-state index in [0.717, 1.165) is 30.9 Å². The van der Waals surface area contributed by atoms with Crippen molar-refractivity contribution >= 4 is 5.96 Å². The van der Waals surface area contributed by atoms with Crippen LogP contribution in [-0.2, 0) is 12.8 Å². The van der Waals surface area contributed by atoms with E-state index >= 15 is 0 Å². The summed E-state index contributed by atoms with van der Waals surface area (Å²) < 4.78 is 0. The Labute approximate surface area is 151 Å². The normalized spacial score (nSPS) is 12.7. The van der Waals surface area contributed by atoms with Gasteiger partial charge in [0.05, 0.1) is 6.61 Å². The van der Waals surface area contributed by atoms with Crippen LogP contribution in [0.25, 0.3) is 0 Å². The van der Waals surface area contributed by atoms with E-state index in [2.05, 4.69) is 46.8 Å². The zero-order chi connectivity index (χ0) is 17.9. The van der Waals surface area contributed by atoms with Crippen LogP contribution in [0.4, 0.5) is 0 Å². The number of hydrogen-bond acceptors (Lipinski definition) is 2. The molecule has 2 aromatic carbocycles. The summed E-state index contributed by atoms with van der Waals surface area (Å²) in [6.07, 6.45) is 2.02. The lowest BCUT2D eigenvalue weighted by Crippen LogP contribution is -2.40. The van der Waals surface area contributed by atoms with Crippen LogP contribution in [0.15, 0.2) is 59.6 Å². The van der Waals surface area contributed by atoms with Crippen molar-refractivity contribution in [2.75, 3.05) is 26.7 Å². The number of rotatable bonds is 8. The lowest BCUT2D eigenvalue weighted by atomic mass is 10.0. The molecule has 25 heavy (non-hydrogen) atoms. The van der Waals surface area contributed by atoms with E-state index in [1.807, 2.05) is 30.3 Å². The van der Waals surface area contributed by atoms with Crippen molar-refractivity contribution in [3.63, 3.8) is 0 Å². The number of hydrogen-bond donors (Lipinski definition) is 3. The van der Waals surface area contributed by atoms with Crippen LogP contribution >= 0.6 is 0 Å². The first kappa shape index (κ1) is 19.0. The molecule has 0 radical (unpaired) electrons. The Balaban J connectivity index is 1.78. The Morgan fingerprint density at radius 2 is 1.68 bits per heavy atom. The van der Waals surface area contributed by atoms with Crippen molar-refractivity contribution in [1.29, 1.82) is 0 Å². The van der Waals surface area contributed by atoms with Gasteiger partial charge < -0.3 is 15.7 Å². The number of guanidine groups is 1. The smallest absolute Gasteiger partial charge is 0.191 e. The van der Waals surface area contributed by atoms with Gasteiger partial charge in [-0.1, -0.05) is 61.5 Å². The van der Waals surface area contributed by atoms with Crippen LogP contribution in [0.2, 0.25) is 0 Å². The number of aliphatic imine (C=N–C) groups is 1. The number of aliphatic hydroxyl groups is 1. The first-order valence-corrected chi connectivity index (χ1v) is 8.95. The molecular weight excluding hydrogens is 310 g/mol. The van der Waals surface area contributed by atoms with Gasteiger partial charge in [0.15, 0.2) is 5.96 Å². The van der Waals surface area contributed by atoms with Gasteiger partial charge in [-0.3, -0.25) is 4.99 Å². The average molecular weight is 339 g/mol. The average Bonchev–Trinajstić information content (AvgIpc) is 2.68. The van der Waals surface area contributed by atoms with Crippen molar-refractivity contribution in [2.45, 2.75) is 25.7 Å². The molecule has 0 aliphatic rings. The van der Waals surface area contributed by atoms with Gasteiger partial charge in [0, 0.05) is 26.1 Å². The molecule has 0 aliphatic carbocycles. The standard InChI is InChI=1S/C21H29N3O/c1-3-17-9-11-18(12-10-17)13-14-23-21(22-2)24-15-20(16-25)19-7-5-4-6-8-19/h4-12,20,25H,3,13-16H2,1-2H3,(H2,22,23,24). The van der Waals surface area contributed by atoms with Gasteiger partial charge in [0.2, 0.25) is 0 Å². The highest BCUT2D eigenvalue weighted by atomic mass is 16.3. The van der Waals surface area contributed by atoms with Crippen LogP contribution in [0.1, 0.15) is 29.5 Å². The molecule has 0 aliphatic heterocycles. The Morgan fingerprint density at radius 3 is 2.28 bits per heavy atom. The quantitative estimate of drug-likeness (QED) is 0.512. The molecule has 1 atom stereocenters. The van der Waals surface area contributed by atoms with Gasteiger partial charge in [0.1, 0.15) is 0 Å². The van der Waals surface area contributed by atoms with E-state index in [9.17, 15) is 5.11 Å². The van der Waals surface area contributed by atoms with Crippen molar-refractivity contribution in [3.05, 3.63) is 71.3 Å².